The molecule has 0 spiro atoms. The Balaban J connectivity index is 1.57. The normalized spacial score (nSPS) is 11.2. The fourth-order valence-electron chi connectivity index (χ4n) is 3.71. The van der Waals surface area contributed by atoms with E-state index in [2.05, 4.69) is 10.1 Å². The van der Waals surface area contributed by atoms with Crippen LogP contribution in [0.25, 0.3) is 33.6 Å². The first-order valence-electron chi connectivity index (χ1n) is 10.7. The fourth-order valence-corrected chi connectivity index (χ4v) is 3.71. The van der Waals surface area contributed by atoms with E-state index < -0.39 is 11.9 Å². The van der Waals surface area contributed by atoms with Crippen LogP contribution in [0.3, 0.4) is 0 Å². The maximum absolute atomic E-state index is 13.2. The van der Waals surface area contributed by atoms with Gasteiger partial charge in [-0.3, -0.25) is 4.79 Å². The number of aromatic nitrogens is 2. The van der Waals surface area contributed by atoms with Crippen molar-refractivity contribution >= 4 is 29.1 Å². The number of nitrogens with zero attached hydrogens (tertiary/aromatic N) is 3. The molecule has 0 aliphatic heterocycles. The van der Waals surface area contributed by atoms with E-state index in [1.54, 1.807) is 36.4 Å². The molecule has 0 amide bonds. The molecule has 0 aliphatic carbocycles. The Morgan fingerprint density at radius 2 is 1.50 bits per heavy atom. The van der Waals surface area contributed by atoms with Crippen molar-refractivity contribution < 1.29 is 24.2 Å². The van der Waals surface area contributed by atoms with Crippen LogP contribution in [-0.4, -0.2) is 38.0 Å². The number of carboxylic acids is 2. The summed E-state index contributed by atoms with van der Waals surface area (Å²) in [6.45, 7) is 0. The van der Waals surface area contributed by atoms with Crippen molar-refractivity contribution in [3.63, 3.8) is 0 Å². The summed E-state index contributed by atoms with van der Waals surface area (Å²) in [5.74, 6) is -1.66. The molecule has 9 nitrogen and oxygen atoms in total. The largest absolute Gasteiger partial charge is 0.478 e. The molecule has 0 saturated heterocycles. The molecule has 176 valence electrons. The zero-order chi connectivity index (χ0) is 25.2. The maximum Gasteiger partial charge on any atom is 0.335 e. The molecule has 0 radical (unpaired) electrons. The van der Waals surface area contributed by atoms with Gasteiger partial charge in [0.2, 0.25) is 0 Å². The molecule has 0 unspecified atom stereocenters. The van der Waals surface area contributed by atoms with Crippen molar-refractivity contribution in [2.24, 2.45) is 5.10 Å². The fraction of sp³-hybridized carbons (Fsp3) is 0. The lowest BCUT2D eigenvalue weighted by atomic mass is 10.0. The minimum absolute atomic E-state index is 0.183. The molecule has 0 atom stereocenters. The highest BCUT2D eigenvalue weighted by atomic mass is 16.4. The molecule has 2 aromatic heterocycles. The van der Waals surface area contributed by atoms with Crippen molar-refractivity contribution in [2.45, 2.75) is 0 Å². The molecule has 0 bridgehead atoms. The van der Waals surface area contributed by atoms with Crippen molar-refractivity contribution in [3.8, 4) is 22.7 Å². The monoisotopic (exact) mass is 479 g/mol. The second-order valence-electron chi connectivity index (χ2n) is 7.79. The van der Waals surface area contributed by atoms with Gasteiger partial charge in [0, 0.05) is 11.1 Å². The van der Waals surface area contributed by atoms with Crippen LogP contribution in [0.2, 0.25) is 0 Å². The van der Waals surface area contributed by atoms with E-state index in [1.807, 2.05) is 30.3 Å². The molecule has 2 heterocycles. The first kappa shape index (κ1) is 22.5. The Hall–Kier alpha value is -5.31. The third kappa shape index (κ3) is 4.28. The smallest absolute Gasteiger partial charge is 0.335 e. The predicted molar refractivity (Wildman–Crippen MR) is 132 cm³/mol. The molecule has 5 rings (SSSR count). The summed E-state index contributed by atoms with van der Waals surface area (Å²) in [5.41, 5.74) is 0.796. The summed E-state index contributed by atoms with van der Waals surface area (Å²) in [4.78, 5) is 40.7. The lowest BCUT2D eigenvalue weighted by molar-refractivity contribution is 0.0696. The number of fused-ring (bicyclic) bond motifs is 1. The van der Waals surface area contributed by atoms with Crippen molar-refractivity contribution in [2.75, 3.05) is 0 Å². The molecule has 0 saturated carbocycles. The summed E-state index contributed by atoms with van der Waals surface area (Å²) >= 11 is 0. The molecule has 0 fully saturated rings. The van der Waals surface area contributed by atoms with E-state index in [0.717, 1.165) is 6.07 Å². The Kier molecular flexibility index (Phi) is 5.71. The van der Waals surface area contributed by atoms with Crippen LogP contribution >= 0.6 is 0 Å². The van der Waals surface area contributed by atoms with E-state index in [-0.39, 0.29) is 33.8 Å². The zero-order valence-electron chi connectivity index (χ0n) is 18.5. The number of hydrogen-bond acceptors (Lipinski definition) is 6. The second-order valence-corrected chi connectivity index (χ2v) is 7.79. The van der Waals surface area contributed by atoms with Gasteiger partial charge >= 0.3 is 11.9 Å². The molecule has 36 heavy (non-hydrogen) atoms. The minimum Gasteiger partial charge on any atom is -0.478 e. The number of rotatable bonds is 6. The SMILES string of the molecule is O=C(O)c1cc(C(=O)O)cc(-c2ccc(C=Nn3c(-c4ccccc4)nc4ccccc4c3=O)o2)c1. The Morgan fingerprint density at radius 3 is 2.19 bits per heavy atom. The zero-order valence-corrected chi connectivity index (χ0v) is 18.5. The molecule has 2 N–H and O–H groups in total. The van der Waals surface area contributed by atoms with Crippen molar-refractivity contribution in [1.82, 2.24) is 9.66 Å². The predicted octanol–water partition coefficient (Wildman–Crippen LogP) is 4.60. The number of hydrogen-bond donors (Lipinski definition) is 2. The van der Waals surface area contributed by atoms with Gasteiger partial charge in [0.05, 0.1) is 28.2 Å². The quantitative estimate of drug-likeness (QED) is 0.340. The van der Waals surface area contributed by atoms with Crippen LogP contribution in [0.1, 0.15) is 26.5 Å². The molecule has 0 aliphatic rings. The van der Waals surface area contributed by atoms with Crippen molar-refractivity contribution in [1.29, 1.82) is 0 Å². The number of aromatic carboxylic acids is 2. The van der Waals surface area contributed by atoms with Crippen LogP contribution in [0.15, 0.2) is 99.2 Å². The molecular formula is C27H17N3O6. The van der Waals surface area contributed by atoms with Gasteiger partial charge in [-0.25, -0.2) is 14.6 Å². The van der Waals surface area contributed by atoms with Gasteiger partial charge < -0.3 is 14.6 Å². The third-order valence-corrected chi connectivity index (χ3v) is 5.42. The number of para-hydroxylation sites is 1. The van der Waals surface area contributed by atoms with E-state index in [0.29, 0.717) is 22.3 Å². The Bertz CT molecular complexity index is 1680. The van der Waals surface area contributed by atoms with E-state index >= 15 is 0 Å². The molecule has 9 heteroatoms. The Morgan fingerprint density at radius 1 is 0.833 bits per heavy atom. The molecular weight excluding hydrogens is 462 g/mol. The number of benzene rings is 3. The second kappa shape index (κ2) is 9.15. The maximum atomic E-state index is 13.2. The number of carbonyl (C=O) groups is 2. The lowest BCUT2D eigenvalue weighted by Gasteiger charge is -2.09. The summed E-state index contributed by atoms with van der Waals surface area (Å²) in [6, 6.07) is 23.0. The summed E-state index contributed by atoms with van der Waals surface area (Å²) < 4.78 is 6.95. The minimum atomic E-state index is -1.26. The highest BCUT2D eigenvalue weighted by molar-refractivity contribution is 5.96. The van der Waals surface area contributed by atoms with E-state index in [4.69, 9.17) is 4.42 Å². The van der Waals surface area contributed by atoms with Gasteiger partial charge in [-0.05, 0) is 42.5 Å². The van der Waals surface area contributed by atoms with Gasteiger partial charge in [0.1, 0.15) is 11.5 Å². The molecule has 3 aromatic carbocycles. The summed E-state index contributed by atoms with van der Waals surface area (Å²) in [7, 11) is 0. The topological polar surface area (TPSA) is 135 Å². The van der Waals surface area contributed by atoms with Crippen LogP contribution in [0.4, 0.5) is 0 Å². The van der Waals surface area contributed by atoms with Gasteiger partial charge in [0.25, 0.3) is 5.56 Å². The van der Waals surface area contributed by atoms with Gasteiger partial charge in [0.15, 0.2) is 5.82 Å². The summed E-state index contributed by atoms with van der Waals surface area (Å²) in [6.07, 6.45) is 1.34. The van der Waals surface area contributed by atoms with Gasteiger partial charge in [-0.2, -0.15) is 9.78 Å². The van der Waals surface area contributed by atoms with Crippen LogP contribution < -0.4 is 5.56 Å². The van der Waals surface area contributed by atoms with Crippen LogP contribution in [0.5, 0.6) is 0 Å². The standard InChI is InChI=1S/C27H17N3O6/c31-25-21-8-4-5-9-22(21)29-24(16-6-2-1-3-7-16)30(25)28-15-20-10-11-23(36-20)17-12-18(26(32)33)14-19(13-17)27(34)35/h1-15H,(H,32,33)(H,34,35). The lowest BCUT2D eigenvalue weighted by Crippen LogP contribution is -2.20. The highest BCUT2D eigenvalue weighted by Gasteiger charge is 2.15. The molecule has 5 aromatic rings. The number of furan rings is 1. The number of carboxylic acid groups (broad SMARTS) is 2. The van der Waals surface area contributed by atoms with E-state index in [1.165, 1.54) is 23.0 Å². The first-order valence-corrected chi connectivity index (χ1v) is 10.7. The van der Waals surface area contributed by atoms with Gasteiger partial charge in [-0.1, -0.05) is 42.5 Å². The summed E-state index contributed by atoms with van der Waals surface area (Å²) in [5, 5.41) is 23.4. The van der Waals surface area contributed by atoms with Crippen LogP contribution in [0, 0.1) is 0 Å². The van der Waals surface area contributed by atoms with Crippen LogP contribution in [-0.2, 0) is 0 Å². The first-order chi connectivity index (χ1) is 17.4. The van der Waals surface area contributed by atoms with Gasteiger partial charge in [-0.15, -0.1) is 0 Å². The van der Waals surface area contributed by atoms with E-state index in [9.17, 15) is 24.6 Å². The Labute approximate surface area is 203 Å². The van der Waals surface area contributed by atoms with Crippen molar-refractivity contribution in [3.05, 3.63) is 112 Å². The third-order valence-electron chi connectivity index (χ3n) is 5.42. The highest BCUT2D eigenvalue weighted by Crippen LogP contribution is 2.25. The average Bonchev–Trinajstić information content (AvgIpc) is 3.37. The average molecular weight is 479 g/mol.